The monoisotopic (exact) mass is 346 g/mol. The van der Waals surface area contributed by atoms with Gasteiger partial charge >= 0.3 is 6.03 Å². The van der Waals surface area contributed by atoms with Crippen molar-refractivity contribution in [3.8, 4) is 0 Å². The van der Waals surface area contributed by atoms with Gasteiger partial charge in [0.15, 0.2) is 6.54 Å². The Bertz CT molecular complexity index is 656. The van der Waals surface area contributed by atoms with Gasteiger partial charge in [-0.3, -0.25) is 10.1 Å². The molecule has 25 heavy (non-hydrogen) atoms. The molecule has 4 fully saturated rings. The number of hydrogen-bond acceptors (Lipinski definition) is 2. The average Bonchev–Trinajstić information content (AvgIpc) is 2.54. The summed E-state index contributed by atoms with van der Waals surface area (Å²) in [4.78, 5) is 24.0. The number of nitrogens with one attached hydrogen (secondary N) is 2. The van der Waals surface area contributed by atoms with E-state index < -0.39 is 11.8 Å². The van der Waals surface area contributed by atoms with Crippen molar-refractivity contribution in [2.75, 3.05) is 11.9 Å². The molecular formula is C19H25FN3O2+. The number of quaternary nitrogens is 1. The largest absolute Gasteiger partial charge is 0.334 e. The zero-order valence-electron chi connectivity index (χ0n) is 14.3. The van der Waals surface area contributed by atoms with E-state index in [0.29, 0.717) is 0 Å². The van der Waals surface area contributed by atoms with Crippen molar-refractivity contribution in [1.29, 1.82) is 0 Å². The molecule has 0 atom stereocenters. The summed E-state index contributed by atoms with van der Waals surface area (Å²) >= 11 is 0. The minimum atomic E-state index is -0.686. The van der Waals surface area contributed by atoms with Crippen LogP contribution in [-0.2, 0) is 4.79 Å². The van der Waals surface area contributed by atoms with Crippen LogP contribution in [0.4, 0.5) is 14.9 Å². The molecule has 1 aromatic rings. The van der Waals surface area contributed by atoms with Crippen LogP contribution in [0.5, 0.6) is 0 Å². The maximum absolute atomic E-state index is 13.5. The Morgan fingerprint density at radius 2 is 1.68 bits per heavy atom. The standard InChI is InChI=1S/C19H24FN3O2/c20-15-3-1-2-4-16(15)22-18(25)23-17(24)11-21-19-8-12-5-13(9-19)7-14(6-12)10-19/h1-4,12-14,21H,5-11H2,(H2,22,23,24,25)/p+1. The quantitative estimate of drug-likeness (QED) is 0.780. The summed E-state index contributed by atoms with van der Waals surface area (Å²) in [5, 5.41) is 6.83. The highest BCUT2D eigenvalue weighted by atomic mass is 19.1. The van der Waals surface area contributed by atoms with E-state index in [0.717, 1.165) is 17.8 Å². The first-order valence-electron chi connectivity index (χ1n) is 9.21. The number of anilines is 1. The molecule has 0 heterocycles. The van der Waals surface area contributed by atoms with Crippen LogP contribution in [0.15, 0.2) is 24.3 Å². The van der Waals surface area contributed by atoms with E-state index in [1.165, 1.54) is 50.7 Å². The summed E-state index contributed by atoms with van der Waals surface area (Å²) in [6.07, 6.45) is 7.70. The number of nitrogens with two attached hydrogens (primary N) is 1. The summed E-state index contributed by atoms with van der Waals surface area (Å²) in [5.41, 5.74) is 0.270. The van der Waals surface area contributed by atoms with E-state index in [1.807, 2.05) is 0 Å². The molecule has 6 heteroatoms. The fourth-order valence-corrected chi connectivity index (χ4v) is 5.63. The van der Waals surface area contributed by atoms with Crippen molar-refractivity contribution in [3.05, 3.63) is 30.1 Å². The first-order chi connectivity index (χ1) is 12.0. The lowest BCUT2D eigenvalue weighted by Crippen LogP contribution is -3.00. The Morgan fingerprint density at radius 1 is 1.08 bits per heavy atom. The van der Waals surface area contributed by atoms with Gasteiger partial charge in [0, 0.05) is 19.3 Å². The molecule has 0 unspecified atom stereocenters. The van der Waals surface area contributed by atoms with E-state index >= 15 is 0 Å². The molecule has 0 saturated heterocycles. The van der Waals surface area contributed by atoms with E-state index in [2.05, 4.69) is 16.0 Å². The van der Waals surface area contributed by atoms with Crippen LogP contribution in [0.1, 0.15) is 38.5 Å². The van der Waals surface area contributed by atoms with Gasteiger partial charge in [-0.1, -0.05) is 12.1 Å². The molecule has 4 bridgehead atoms. The maximum atomic E-state index is 13.5. The summed E-state index contributed by atoms with van der Waals surface area (Å²) in [6, 6.07) is 5.21. The summed E-state index contributed by atoms with van der Waals surface area (Å²) < 4.78 is 13.5. The molecule has 3 amide bonds. The van der Waals surface area contributed by atoms with E-state index in [1.54, 1.807) is 12.1 Å². The Kier molecular flexibility index (Phi) is 4.23. The molecular weight excluding hydrogens is 321 g/mol. The topological polar surface area (TPSA) is 74.8 Å². The lowest BCUT2D eigenvalue weighted by molar-refractivity contribution is -0.730. The molecule has 0 aliphatic heterocycles. The second kappa shape index (κ2) is 6.41. The van der Waals surface area contributed by atoms with Crippen molar-refractivity contribution in [1.82, 2.24) is 5.32 Å². The van der Waals surface area contributed by atoms with Crippen LogP contribution in [0.2, 0.25) is 0 Å². The van der Waals surface area contributed by atoms with Crippen molar-refractivity contribution >= 4 is 17.6 Å². The van der Waals surface area contributed by atoms with Crippen molar-refractivity contribution in [2.45, 2.75) is 44.1 Å². The third-order valence-corrected chi connectivity index (χ3v) is 6.18. The van der Waals surface area contributed by atoms with Gasteiger partial charge in [0.1, 0.15) is 5.82 Å². The fourth-order valence-electron chi connectivity index (χ4n) is 5.63. The predicted octanol–water partition coefficient (Wildman–Crippen LogP) is 2.01. The number of imide groups is 1. The average molecular weight is 346 g/mol. The molecule has 0 aromatic heterocycles. The number of carbonyl (C=O) groups excluding carboxylic acids is 2. The second-order valence-corrected chi connectivity index (χ2v) is 8.17. The van der Waals surface area contributed by atoms with Crippen LogP contribution < -0.4 is 16.0 Å². The molecule has 5 rings (SSSR count). The number of hydrogen-bond donors (Lipinski definition) is 3. The Labute approximate surface area is 146 Å². The molecule has 0 spiro atoms. The second-order valence-electron chi connectivity index (χ2n) is 8.17. The normalized spacial score (nSPS) is 32.4. The highest BCUT2D eigenvalue weighted by Crippen LogP contribution is 2.54. The number of rotatable bonds is 4. The SMILES string of the molecule is O=C(C[NH2+]C12CC3CC(CC(C3)C1)C2)NC(=O)Nc1ccccc1F. The number of halogens is 1. The first-order valence-corrected chi connectivity index (χ1v) is 9.21. The van der Waals surface area contributed by atoms with Crippen molar-refractivity contribution in [3.63, 3.8) is 0 Å². The Hall–Kier alpha value is -1.95. The van der Waals surface area contributed by atoms with Gasteiger partial charge in [-0.2, -0.15) is 0 Å². The van der Waals surface area contributed by atoms with Crippen LogP contribution in [0.25, 0.3) is 0 Å². The van der Waals surface area contributed by atoms with E-state index in [9.17, 15) is 14.0 Å². The Morgan fingerprint density at radius 3 is 2.28 bits per heavy atom. The van der Waals surface area contributed by atoms with Gasteiger partial charge in [0.25, 0.3) is 5.91 Å². The number of benzene rings is 1. The highest BCUT2D eigenvalue weighted by molar-refractivity contribution is 6.01. The van der Waals surface area contributed by atoms with E-state index in [4.69, 9.17) is 0 Å². The maximum Gasteiger partial charge on any atom is 0.326 e. The molecule has 4 saturated carbocycles. The molecule has 5 nitrogen and oxygen atoms in total. The number of amides is 3. The van der Waals surface area contributed by atoms with Gasteiger partial charge in [-0.15, -0.1) is 0 Å². The van der Waals surface area contributed by atoms with E-state index in [-0.39, 0.29) is 23.7 Å². The highest BCUT2D eigenvalue weighted by Gasteiger charge is 2.53. The van der Waals surface area contributed by atoms with Crippen LogP contribution in [0, 0.1) is 23.6 Å². The third-order valence-electron chi connectivity index (χ3n) is 6.18. The minimum absolute atomic E-state index is 0.0675. The smallest absolute Gasteiger partial charge is 0.326 e. The van der Waals surface area contributed by atoms with Gasteiger partial charge in [-0.25, -0.2) is 9.18 Å². The van der Waals surface area contributed by atoms with Gasteiger partial charge in [-0.05, 0) is 49.1 Å². The predicted molar refractivity (Wildman–Crippen MR) is 91.3 cm³/mol. The van der Waals surface area contributed by atoms with Crippen LogP contribution in [-0.4, -0.2) is 24.0 Å². The Balaban J connectivity index is 1.28. The lowest BCUT2D eigenvalue weighted by atomic mass is 9.53. The van der Waals surface area contributed by atoms with Crippen molar-refractivity contribution in [2.24, 2.45) is 17.8 Å². The fraction of sp³-hybridized carbons (Fsp3) is 0.579. The van der Waals surface area contributed by atoms with Gasteiger partial charge in [0.05, 0.1) is 11.2 Å². The van der Waals surface area contributed by atoms with Gasteiger partial charge < -0.3 is 10.6 Å². The summed E-state index contributed by atoms with van der Waals surface area (Å²) in [7, 11) is 0. The molecule has 134 valence electrons. The molecule has 0 radical (unpaired) electrons. The van der Waals surface area contributed by atoms with Crippen LogP contribution in [0.3, 0.4) is 0 Å². The summed E-state index contributed by atoms with van der Waals surface area (Å²) in [6.45, 7) is 0.247. The number of para-hydroxylation sites is 1. The summed E-state index contributed by atoms with van der Waals surface area (Å²) in [5.74, 6) is 1.63. The van der Waals surface area contributed by atoms with Crippen molar-refractivity contribution < 1.29 is 19.3 Å². The van der Waals surface area contributed by atoms with Crippen LogP contribution >= 0.6 is 0 Å². The molecule has 1 aromatic carbocycles. The van der Waals surface area contributed by atoms with Gasteiger partial charge in [0.2, 0.25) is 0 Å². The zero-order chi connectivity index (χ0) is 17.4. The minimum Gasteiger partial charge on any atom is -0.334 e. The molecule has 4 aliphatic rings. The first kappa shape index (κ1) is 16.5. The zero-order valence-corrected chi connectivity index (χ0v) is 14.3. The molecule has 4 aliphatic carbocycles. The number of urea groups is 1. The molecule has 4 N–H and O–H groups in total. The number of carbonyl (C=O) groups is 2. The lowest BCUT2D eigenvalue weighted by Gasteiger charge is -2.54. The third kappa shape index (κ3) is 3.54.